The maximum absolute atomic E-state index is 11.1. The number of hydrogen-bond acceptors (Lipinski definition) is 3. The first-order valence-electron chi connectivity index (χ1n) is 3.89. The Hall–Kier alpha value is -0.610. The van der Waals surface area contributed by atoms with Crippen LogP contribution in [0, 0.1) is 0 Å². The van der Waals surface area contributed by atoms with Gasteiger partial charge in [-0.15, -0.1) is 0 Å². The zero-order chi connectivity index (χ0) is 9.78. The van der Waals surface area contributed by atoms with Gasteiger partial charge in [0.1, 0.15) is 6.10 Å². The Morgan fingerprint density at radius 1 is 1.67 bits per heavy atom. The maximum atomic E-state index is 11.1. The summed E-state index contributed by atoms with van der Waals surface area (Å²) >= 11 is 0. The Kier molecular flexibility index (Phi) is 4.20. The molecular weight excluding hydrogens is 158 g/mol. The Labute approximate surface area is 72.9 Å². The Bertz CT molecular complexity index is 151. The molecule has 0 aromatic rings. The van der Waals surface area contributed by atoms with Gasteiger partial charge >= 0.3 is 0 Å². The number of hydrogen-bond donors (Lipinski definition) is 2. The summed E-state index contributed by atoms with van der Waals surface area (Å²) in [4.78, 5) is 11.1. The summed E-state index contributed by atoms with van der Waals surface area (Å²) in [7, 11) is 1.47. The van der Waals surface area contributed by atoms with Crippen LogP contribution in [-0.2, 0) is 9.53 Å². The van der Waals surface area contributed by atoms with Crippen LogP contribution in [0.4, 0.5) is 0 Å². The quantitative estimate of drug-likeness (QED) is 0.627. The van der Waals surface area contributed by atoms with Gasteiger partial charge in [0.05, 0.1) is 5.60 Å². The van der Waals surface area contributed by atoms with Crippen LogP contribution in [0.15, 0.2) is 0 Å². The fraction of sp³-hybridized carbons (Fsp3) is 0.875. The van der Waals surface area contributed by atoms with E-state index in [1.54, 1.807) is 20.8 Å². The molecule has 0 rings (SSSR count). The van der Waals surface area contributed by atoms with Crippen LogP contribution in [-0.4, -0.2) is 36.4 Å². The van der Waals surface area contributed by atoms with Crippen LogP contribution in [0.25, 0.3) is 0 Å². The van der Waals surface area contributed by atoms with E-state index in [4.69, 9.17) is 4.74 Å². The molecule has 0 aliphatic heterocycles. The summed E-state index contributed by atoms with van der Waals surface area (Å²) in [5.41, 5.74) is -0.872. The minimum absolute atomic E-state index is 0.209. The molecule has 12 heavy (non-hydrogen) atoms. The van der Waals surface area contributed by atoms with Gasteiger partial charge in [0.25, 0.3) is 0 Å². The first kappa shape index (κ1) is 11.4. The van der Waals surface area contributed by atoms with Crippen LogP contribution >= 0.6 is 0 Å². The molecule has 72 valence electrons. The lowest BCUT2D eigenvalue weighted by Crippen LogP contribution is -2.42. The second kappa shape index (κ2) is 4.42. The Morgan fingerprint density at radius 3 is 2.50 bits per heavy atom. The minimum atomic E-state index is -0.872. The molecule has 1 atom stereocenters. The van der Waals surface area contributed by atoms with Crippen molar-refractivity contribution in [1.29, 1.82) is 0 Å². The van der Waals surface area contributed by atoms with Gasteiger partial charge < -0.3 is 15.2 Å². The fourth-order valence-corrected chi connectivity index (χ4v) is 0.554. The number of methoxy groups -OCH3 is 1. The van der Waals surface area contributed by atoms with E-state index in [-0.39, 0.29) is 12.5 Å². The summed E-state index contributed by atoms with van der Waals surface area (Å²) in [5.74, 6) is -0.209. The number of carbonyl (C=O) groups is 1. The average Bonchev–Trinajstić information content (AvgIpc) is 1.97. The van der Waals surface area contributed by atoms with Crippen molar-refractivity contribution in [3.05, 3.63) is 0 Å². The molecule has 2 N–H and O–H groups in total. The highest BCUT2D eigenvalue weighted by Crippen LogP contribution is 1.97. The zero-order valence-electron chi connectivity index (χ0n) is 8.05. The number of amides is 1. The summed E-state index contributed by atoms with van der Waals surface area (Å²) in [6.07, 6.45) is -0.465. The molecule has 0 aliphatic rings. The smallest absolute Gasteiger partial charge is 0.248 e. The van der Waals surface area contributed by atoms with E-state index in [1.165, 1.54) is 7.11 Å². The molecule has 0 fully saturated rings. The predicted molar refractivity (Wildman–Crippen MR) is 45.8 cm³/mol. The summed E-state index contributed by atoms with van der Waals surface area (Å²) in [5, 5.41) is 11.8. The molecule has 0 saturated carbocycles. The van der Waals surface area contributed by atoms with Gasteiger partial charge in [-0.05, 0) is 20.8 Å². The second-order valence-electron chi connectivity index (χ2n) is 3.41. The first-order valence-corrected chi connectivity index (χ1v) is 3.89. The monoisotopic (exact) mass is 175 g/mol. The third-order valence-corrected chi connectivity index (χ3v) is 1.42. The van der Waals surface area contributed by atoms with Gasteiger partial charge in [0.2, 0.25) is 5.91 Å². The highest BCUT2D eigenvalue weighted by atomic mass is 16.5. The standard InChI is InChI=1S/C8H17NO3/c1-6(12-4)7(10)9-5-8(2,3)11/h6,11H,5H2,1-4H3,(H,9,10). The third-order valence-electron chi connectivity index (χ3n) is 1.42. The lowest BCUT2D eigenvalue weighted by Gasteiger charge is -2.19. The number of carbonyl (C=O) groups excluding carboxylic acids is 1. The lowest BCUT2D eigenvalue weighted by molar-refractivity contribution is -0.131. The molecule has 0 bridgehead atoms. The first-order chi connectivity index (χ1) is 5.37. The number of aliphatic hydroxyl groups is 1. The zero-order valence-corrected chi connectivity index (χ0v) is 8.05. The van der Waals surface area contributed by atoms with Crippen LogP contribution in [0.2, 0.25) is 0 Å². The van der Waals surface area contributed by atoms with Crippen LogP contribution < -0.4 is 5.32 Å². The molecule has 0 aromatic carbocycles. The molecule has 1 unspecified atom stereocenters. The minimum Gasteiger partial charge on any atom is -0.389 e. The molecular formula is C8H17NO3. The molecule has 1 amide bonds. The van der Waals surface area contributed by atoms with Crippen LogP contribution in [0.1, 0.15) is 20.8 Å². The van der Waals surface area contributed by atoms with Crippen molar-refractivity contribution in [2.45, 2.75) is 32.5 Å². The number of ether oxygens (including phenoxy) is 1. The van der Waals surface area contributed by atoms with E-state index in [1.807, 2.05) is 0 Å². The molecule has 0 spiro atoms. The average molecular weight is 175 g/mol. The molecule has 0 aromatic heterocycles. The van der Waals surface area contributed by atoms with E-state index in [0.29, 0.717) is 0 Å². The topological polar surface area (TPSA) is 58.6 Å². The van der Waals surface area contributed by atoms with Gasteiger partial charge in [0, 0.05) is 13.7 Å². The van der Waals surface area contributed by atoms with E-state index in [2.05, 4.69) is 5.32 Å². The van der Waals surface area contributed by atoms with Crippen molar-refractivity contribution in [3.63, 3.8) is 0 Å². The van der Waals surface area contributed by atoms with Crippen molar-refractivity contribution in [2.75, 3.05) is 13.7 Å². The molecule has 4 nitrogen and oxygen atoms in total. The van der Waals surface area contributed by atoms with E-state index in [9.17, 15) is 9.90 Å². The molecule has 0 heterocycles. The van der Waals surface area contributed by atoms with Crippen molar-refractivity contribution in [1.82, 2.24) is 5.32 Å². The van der Waals surface area contributed by atoms with Crippen molar-refractivity contribution in [3.8, 4) is 0 Å². The molecule has 4 heteroatoms. The Morgan fingerprint density at radius 2 is 2.17 bits per heavy atom. The third kappa shape index (κ3) is 5.09. The Balaban J connectivity index is 3.72. The normalized spacial score (nSPS) is 14.1. The largest absolute Gasteiger partial charge is 0.389 e. The van der Waals surface area contributed by atoms with Crippen molar-refractivity contribution in [2.24, 2.45) is 0 Å². The highest BCUT2D eigenvalue weighted by Gasteiger charge is 2.16. The number of nitrogens with one attached hydrogen (secondary N) is 1. The van der Waals surface area contributed by atoms with Crippen molar-refractivity contribution < 1.29 is 14.6 Å². The van der Waals surface area contributed by atoms with Gasteiger partial charge in [-0.2, -0.15) is 0 Å². The predicted octanol–water partition coefficient (Wildman–Crippen LogP) is -0.0916. The van der Waals surface area contributed by atoms with Crippen LogP contribution in [0.3, 0.4) is 0 Å². The summed E-state index contributed by atoms with van der Waals surface area (Å²) < 4.78 is 4.78. The van der Waals surface area contributed by atoms with Crippen LogP contribution in [0.5, 0.6) is 0 Å². The van der Waals surface area contributed by atoms with E-state index < -0.39 is 11.7 Å². The van der Waals surface area contributed by atoms with Gasteiger partial charge in [-0.3, -0.25) is 4.79 Å². The van der Waals surface area contributed by atoms with E-state index >= 15 is 0 Å². The molecule has 0 saturated heterocycles. The highest BCUT2D eigenvalue weighted by molar-refractivity contribution is 5.80. The SMILES string of the molecule is COC(C)C(=O)NCC(C)(C)O. The second-order valence-corrected chi connectivity index (χ2v) is 3.41. The maximum Gasteiger partial charge on any atom is 0.248 e. The van der Waals surface area contributed by atoms with E-state index in [0.717, 1.165) is 0 Å². The summed E-state index contributed by atoms with van der Waals surface area (Å²) in [6.45, 7) is 5.15. The van der Waals surface area contributed by atoms with Gasteiger partial charge in [0.15, 0.2) is 0 Å². The molecule has 0 radical (unpaired) electrons. The fourth-order valence-electron chi connectivity index (χ4n) is 0.554. The van der Waals surface area contributed by atoms with Gasteiger partial charge in [-0.1, -0.05) is 0 Å². The van der Waals surface area contributed by atoms with Gasteiger partial charge in [-0.25, -0.2) is 0 Å². The molecule has 0 aliphatic carbocycles. The number of rotatable bonds is 4. The summed E-state index contributed by atoms with van der Waals surface area (Å²) in [6, 6.07) is 0. The lowest BCUT2D eigenvalue weighted by atomic mass is 10.1. The van der Waals surface area contributed by atoms with Crippen molar-refractivity contribution >= 4 is 5.91 Å².